The number of aliphatic hydroxyl groups excluding tert-OH is 2. The van der Waals surface area contributed by atoms with Crippen LogP contribution in [-0.4, -0.2) is 69.1 Å². The van der Waals surface area contributed by atoms with Crippen LogP contribution in [0.3, 0.4) is 0 Å². The third-order valence-corrected chi connectivity index (χ3v) is 6.19. The largest absolute Gasteiger partial charge is 0.485 e. The average Bonchev–Trinajstić information content (AvgIpc) is 3.11. The van der Waals surface area contributed by atoms with Gasteiger partial charge in [-0.2, -0.15) is 0 Å². The number of fused-ring (bicyclic) bond motifs is 2. The molecule has 8 nitrogen and oxygen atoms in total. The van der Waals surface area contributed by atoms with Gasteiger partial charge in [-0.05, 0) is 44.9 Å². The van der Waals surface area contributed by atoms with Gasteiger partial charge in [0.15, 0.2) is 0 Å². The summed E-state index contributed by atoms with van der Waals surface area (Å²) >= 11 is 0. The Hall–Kier alpha value is -2.97. The van der Waals surface area contributed by atoms with Crippen LogP contribution in [0, 0.1) is 0 Å². The van der Waals surface area contributed by atoms with Crippen LogP contribution in [0.2, 0.25) is 0 Å². The highest BCUT2D eigenvalue weighted by Crippen LogP contribution is 2.47. The monoisotopic (exact) mass is 441 g/mol. The number of carbonyl (C=O) groups is 3. The van der Waals surface area contributed by atoms with Crippen molar-refractivity contribution in [3.8, 4) is 0 Å². The predicted octanol–water partition coefficient (Wildman–Crippen LogP) is 1.26. The number of hydrogen-bond acceptors (Lipinski definition) is 8. The lowest BCUT2D eigenvalue weighted by molar-refractivity contribution is -0.170. The van der Waals surface area contributed by atoms with E-state index in [2.05, 4.69) is 0 Å². The molecule has 2 unspecified atom stereocenters. The standard InChI is InChI=1S/C24H27NO7/c1-4-5-6-7-17-20-14-11-18(28)24(3,32-19(29)10-13(2)26)23(30)15(14)12-25-9-8-16(27)22(31-17)21(20)25/h4-7,11-13,16,21-22,26-27H,8-10H2,1-3H3/b5-4+,7-6+/t13?,16-,21?,22-,24+/m0/s1. The fourth-order valence-electron chi connectivity index (χ4n) is 4.59. The molecule has 0 saturated carbocycles. The molecular formula is C24H27NO7. The molecule has 1 saturated heterocycles. The maximum absolute atomic E-state index is 13.5. The normalized spacial score (nSPS) is 32.5. The Morgan fingerprint density at radius 2 is 2.12 bits per heavy atom. The first-order chi connectivity index (χ1) is 15.2. The zero-order valence-electron chi connectivity index (χ0n) is 18.3. The molecule has 3 aliphatic heterocycles. The molecule has 4 rings (SSSR count). The van der Waals surface area contributed by atoms with Crippen LogP contribution >= 0.6 is 0 Å². The van der Waals surface area contributed by atoms with Crippen molar-refractivity contribution in [2.75, 3.05) is 6.54 Å². The molecule has 8 heteroatoms. The topological polar surface area (TPSA) is 113 Å². The molecule has 5 atom stereocenters. The Balaban J connectivity index is 1.79. The van der Waals surface area contributed by atoms with Gasteiger partial charge in [0.25, 0.3) is 0 Å². The van der Waals surface area contributed by atoms with Crippen LogP contribution in [0.4, 0.5) is 0 Å². The fourth-order valence-corrected chi connectivity index (χ4v) is 4.59. The van der Waals surface area contributed by atoms with Crippen molar-refractivity contribution in [2.24, 2.45) is 0 Å². The van der Waals surface area contributed by atoms with E-state index in [1.165, 1.54) is 19.9 Å². The van der Waals surface area contributed by atoms with Gasteiger partial charge in [-0.25, -0.2) is 0 Å². The second kappa shape index (κ2) is 8.18. The molecular weight excluding hydrogens is 414 g/mol. The first kappa shape index (κ1) is 22.2. The number of Topliss-reactive ketones (excluding diaryl/α,β-unsaturated/α-hetero) is 1. The van der Waals surface area contributed by atoms with E-state index in [-0.39, 0.29) is 18.0 Å². The van der Waals surface area contributed by atoms with E-state index < -0.39 is 41.4 Å². The Labute approximate surface area is 186 Å². The van der Waals surface area contributed by atoms with Gasteiger partial charge in [0.2, 0.25) is 17.2 Å². The molecule has 170 valence electrons. The van der Waals surface area contributed by atoms with Crippen LogP contribution in [-0.2, 0) is 23.9 Å². The summed E-state index contributed by atoms with van der Waals surface area (Å²) in [6.07, 6.45) is 8.26. The molecule has 0 amide bonds. The maximum atomic E-state index is 13.5. The number of hydrogen-bond donors (Lipinski definition) is 2. The summed E-state index contributed by atoms with van der Waals surface area (Å²) in [5.74, 6) is -1.59. The zero-order chi connectivity index (χ0) is 23.2. The van der Waals surface area contributed by atoms with E-state index in [9.17, 15) is 24.6 Å². The molecule has 4 aliphatic rings. The van der Waals surface area contributed by atoms with Crippen molar-refractivity contribution >= 4 is 17.5 Å². The number of nitrogens with zero attached hydrogens (tertiary/aromatic N) is 1. The lowest BCUT2D eigenvalue weighted by atomic mass is 9.73. The van der Waals surface area contributed by atoms with E-state index >= 15 is 0 Å². The summed E-state index contributed by atoms with van der Waals surface area (Å²) in [6, 6.07) is -0.318. The molecule has 0 radical (unpaired) electrons. The Kier molecular flexibility index (Phi) is 5.68. The van der Waals surface area contributed by atoms with Crippen molar-refractivity contribution in [1.82, 2.24) is 4.90 Å². The molecule has 1 aliphatic carbocycles. The maximum Gasteiger partial charge on any atom is 0.309 e. The Bertz CT molecular complexity index is 1020. The van der Waals surface area contributed by atoms with Crippen LogP contribution in [0.1, 0.15) is 33.6 Å². The number of esters is 1. The van der Waals surface area contributed by atoms with Crippen LogP contribution in [0.5, 0.6) is 0 Å². The number of allylic oxidation sites excluding steroid dienone is 4. The van der Waals surface area contributed by atoms with E-state index in [4.69, 9.17) is 9.47 Å². The molecule has 1 fully saturated rings. The first-order valence-corrected chi connectivity index (χ1v) is 10.7. The van der Waals surface area contributed by atoms with Crippen LogP contribution < -0.4 is 0 Å². The van der Waals surface area contributed by atoms with Gasteiger partial charge in [0.1, 0.15) is 11.9 Å². The molecule has 0 aromatic carbocycles. The highest BCUT2D eigenvalue weighted by Gasteiger charge is 2.55. The minimum atomic E-state index is -2.00. The van der Waals surface area contributed by atoms with Gasteiger partial charge in [-0.3, -0.25) is 14.4 Å². The molecule has 0 bridgehead atoms. The summed E-state index contributed by atoms with van der Waals surface area (Å²) in [7, 11) is 0. The van der Waals surface area contributed by atoms with Gasteiger partial charge >= 0.3 is 5.97 Å². The van der Waals surface area contributed by atoms with Gasteiger partial charge in [-0.1, -0.05) is 18.2 Å². The van der Waals surface area contributed by atoms with Crippen molar-refractivity contribution in [3.05, 3.63) is 59.1 Å². The average molecular weight is 441 g/mol. The van der Waals surface area contributed by atoms with E-state index in [1.807, 2.05) is 24.0 Å². The summed E-state index contributed by atoms with van der Waals surface area (Å²) in [5.41, 5.74) is -0.627. The van der Waals surface area contributed by atoms with Gasteiger partial charge in [0.05, 0.1) is 24.7 Å². The lowest BCUT2D eigenvalue weighted by Crippen LogP contribution is -2.56. The molecule has 0 spiro atoms. The Morgan fingerprint density at radius 1 is 1.38 bits per heavy atom. The number of ketones is 2. The third kappa shape index (κ3) is 3.53. The molecule has 32 heavy (non-hydrogen) atoms. The van der Waals surface area contributed by atoms with Crippen molar-refractivity contribution < 1.29 is 34.1 Å². The predicted molar refractivity (Wildman–Crippen MR) is 114 cm³/mol. The lowest BCUT2D eigenvalue weighted by Gasteiger charge is -2.44. The van der Waals surface area contributed by atoms with Crippen molar-refractivity contribution in [1.29, 1.82) is 0 Å². The number of ether oxygens (including phenoxy) is 2. The van der Waals surface area contributed by atoms with Crippen molar-refractivity contribution in [2.45, 2.75) is 63.6 Å². The van der Waals surface area contributed by atoms with Gasteiger partial charge in [-0.15, -0.1) is 0 Å². The second-order valence-electron chi connectivity index (χ2n) is 8.64. The van der Waals surface area contributed by atoms with Gasteiger partial charge < -0.3 is 24.6 Å². The first-order valence-electron chi connectivity index (χ1n) is 10.7. The van der Waals surface area contributed by atoms with Crippen molar-refractivity contribution in [3.63, 3.8) is 0 Å². The number of aliphatic hydroxyl groups is 2. The van der Waals surface area contributed by atoms with E-state index in [1.54, 1.807) is 18.4 Å². The highest BCUT2D eigenvalue weighted by molar-refractivity contribution is 6.26. The van der Waals surface area contributed by atoms with Crippen LogP contribution in [0.15, 0.2) is 59.1 Å². The zero-order valence-corrected chi connectivity index (χ0v) is 18.3. The minimum absolute atomic E-state index is 0.265. The quantitative estimate of drug-likeness (QED) is 0.372. The molecule has 0 aromatic rings. The molecule has 2 N–H and O–H groups in total. The highest BCUT2D eigenvalue weighted by atomic mass is 16.6. The Morgan fingerprint density at radius 3 is 2.81 bits per heavy atom. The van der Waals surface area contributed by atoms with Crippen LogP contribution in [0.25, 0.3) is 0 Å². The van der Waals surface area contributed by atoms with E-state index in [0.29, 0.717) is 29.9 Å². The summed E-state index contributed by atoms with van der Waals surface area (Å²) in [6.45, 7) is 5.10. The second-order valence-corrected chi connectivity index (χ2v) is 8.64. The summed E-state index contributed by atoms with van der Waals surface area (Å²) < 4.78 is 11.4. The SMILES string of the molecule is C/C=C/C=C/C1=C2C3=CC(=O)[C@@](C)(OC(=O)CC(C)O)C(=O)C3=CN3CC[C@H](O)[C@H](O1)C23. The minimum Gasteiger partial charge on any atom is -0.485 e. The third-order valence-electron chi connectivity index (χ3n) is 6.19. The van der Waals surface area contributed by atoms with E-state index in [0.717, 1.165) is 0 Å². The molecule has 0 aromatic heterocycles. The smallest absolute Gasteiger partial charge is 0.309 e. The number of piperidine rings is 1. The number of rotatable bonds is 5. The fraction of sp³-hybridized carbons (Fsp3) is 0.458. The molecule has 3 heterocycles. The summed E-state index contributed by atoms with van der Waals surface area (Å²) in [5, 5.41) is 20.0. The number of carbonyl (C=O) groups excluding carboxylic acids is 3. The van der Waals surface area contributed by atoms with Gasteiger partial charge in [0, 0.05) is 23.9 Å². The summed E-state index contributed by atoms with van der Waals surface area (Å²) in [4.78, 5) is 40.6.